The number of nitrogens with zero attached hydrogens (tertiary/aromatic N) is 3. The number of esters is 1. The Bertz CT molecular complexity index is 1120. The number of carbonyl (C=O) groups excluding carboxylic acids is 1. The minimum atomic E-state index is -4.96. The maximum absolute atomic E-state index is 13.2. The lowest BCUT2D eigenvalue weighted by Gasteiger charge is -2.34. The van der Waals surface area contributed by atoms with Crippen LogP contribution >= 0.6 is 0 Å². The van der Waals surface area contributed by atoms with Crippen LogP contribution in [0.1, 0.15) is 70.1 Å². The Balaban J connectivity index is 1.46. The maximum Gasteiger partial charge on any atom is 0.423 e. The molecule has 230 valence electrons. The van der Waals surface area contributed by atoms with Gasteiger partial charge in [0.05, 0.1) is 12.6 Å². The van der Waals surface area contributed by atoms with Gasteiger partial charge in [-0.3, -0.25) is 24.0 Å². The molecule has 41 heavy (non-hydrogen) atoms. The second kappa shape index (κ2) is 16.1. The molecule has 0 amide bonds. The van der Waals surface area contributed by atoms with E-state index in [1.165, 1.54) is 44.9 Å². The third kappa shape index (κ3) is 10.3. The van der Waals surface area contributed by atoms with E-state index in [0.29, 0.717) is 10.8 Å². The van der Waals surface area contributed by atoms with Crippen molar-refractivity contribution in [3.63, 3.8) is 0 Å². The van der Waals surface area contributed by atoms with Gasteiger partial charge in [-0.2, -0.15) is 13.2 Å². The number of halogens is 3. The van der Waals surface area contributed by atoms with Crippen LogP contribution in [-0.4, -0.2) is 90.0 Å². The number of aromatic amines is 1. The average Bonchev–Trinajstić information content (AvgIpc) is 3.33. The van der Waals surface area contributed by atoms with Gasteiger partial charge in [-0.1, -0.05) is 51.4 Å². The van der Waals surface area contributed by atoms with E-state index in [9.17, 15) is 27.6 Å². The highest BCUT2D eigenvalue weighted by molar-refractivity contribution is 5.71. The zero-order valence-electron chi connectivity index (χ0n) is 23.6. The van der Waals surface area contributed by atoms with Gasteiger partial charge in [-0.25, -0.2) is 4.79 Å². The lowest BCUT2D eigenvalue weighted by atomic mass is 10.1. The fourth-order valence-electron chi connectivity index (χ4n) is 5.12. The topological polar surface area (TPSA) is 106 Å². The Morgan fingerprint density at radius 2 is 1.76 bits per heavy atom. The molecule has 1 aromatic heterocycles. The molecule has 3 heterocycles. The summed E-state index contributed by atoms with van der Waals surface area (Å²) in [5.41, 5.74) is -4.13. The summed E-state index contributed by atoms with van der Waals surface area (Å²) in [6.07, 6.45) is 6.78. The van der Waals surface area contributed by atoms with Crippen molar-refractivity contribution in [2.24, 2.45) is 0 Å². The second-order valence-electron chi connectivity index (χ2n) is 10.5. The van der Waals surface area contributed by atoms with Crippen molar-refractivity contribution in [3.05, 3.63) is 32.6 Å². The summed E-state index contributed by atoms with van der Waals surface area (Å²) in [6.45, 7) is 6.30. The van der Waals surface area contributed by atoms with Crippen LogP contribution in [0.25, 0.3) is 0 Å². The van der Waals surface area contributed by atoms with Gasteiger partial charge in [0.25, 0.3) is 5.56 Å². The Kier molecular flexibility index (Phi) is 12.9. The highest BCUT2D eigenvalue weighted by Crippen LogP contribution is 2.32. The molecule has 0 saturated carbocycles. The molecular weight excluding hydrogens is 545 g/mol. The lowest BCUT2D eigenvalue weighted by Crippen LogP contribution is -2.48. The third-order valence-corrected chi connectivity index (χ3v) is 7.45. The van der Waals surface area contributed by atoms with Crippen LogP contribution in [0.2, 0.25) is 0 Å². The molecule has 2 aliphatic heterocycles. The first-order valence-electron chi connectivity index (χ1n) is 14.4. The Morgan fingerprint density at radius 3 is 2.41 bits per heavy atom. The first kappa shape index (κ1) is 32.8. The second-order valence-corrected chi connectivity index (χ2v) is 10.5. The number of hydrogen-bond acceptors (Lipinski definition) is 8. The molecule has 0 unspecified atom stereocenters. The van der Waals surface area contributed by atoms with Crippen LogP contribution < -0.4 is 11.2 Å². The molecule has 0 aromatic carbocycles. The molecule has 2 aliphatic rings. The largest absolute Gasteiger partial charge is 0.462 e. The number of aromatic nitrogens is 2. The summed E-state index contributed by atoms with van der Waals surface area (Å²) in [5, 5.41) is 0. The quantitative estimate of drug-likeness (QED) is 0.190. The zero-order chi connectivity index (χ0) is 29.8. The average molecular weight is 587 g/mol. The van der Waals surface area contributed by atoms with Gasteiger partial charge in [0.1, 0.15) is 31.1 Å². The molecule has 0 aliphatic carbocycles. The fourth-order valence-corrected chi connectivity index (χ4v) is 5.12. The number of H-pyrrole nitrogens is 1. The predicted octanol–water partition coefficient (Wildman–Crippen LogP) is 2.77. The van der Waals surface area contributed by atoms with Gasteiger partial charge < -0.3 is 19.1 Å². The molecule has 1 aromatic rings. The zero-order valence-corrected chi connectivity index (χ0v) is 23.6. The standard InChI is InChI=1S/C28H41F3N4O6/c1-3-5-6-7-8-9-10-11-33-12-14-34(15-13-33)19-25(36)40-20-23-22(39-16-4-2)17-24(41-23)35-18-21(28(29,30)31)26(37)32-27(35)38/h2,18,22-24H,3,5-17,19-20H2,1H3,(H,32,37,38)/t22-,23+,24+/m0/s1. The van der Waals surface area contributed by atoms with Crippen LogP contribution in [0, 0.1) is 12.3 Å². The summed E-state index contributed by atoms with van der Waals surface area (Å²) in [7, 11) is 0. The molecule has 13 heteroatoms. The fraction of sp³-hybridized carbons (Fsp3) is 0.750. The first-order valence-corrected chi connectivity index (χ1v) is 14.4. The summed E-state index contributed by atoms with van der Waals surface area (Å²) in [5.74, 6) is 1.84. The van der Waals surface area contributed by atoms with Crippen LogP contribution in [0.5, 0.6) is 0 Å². The van der Waals surface area contributed by atoms with Crippen LogP contribution in [-0.2, 0) is 25.2 Å². The van der Waals surface area contributed by atoms with Crippen molar-refractivity contribution >= 4 is 5.97 Å². The number of terminal acetylenes is 1. The van der Waals surface area contributed by atoms with Crippen LogP contribution in [0.4, 0.5) is 13.2 Å². The Hall–Kier alpha value is -2.66. The lowest BCUT2D eigenvalue weighted by molar-refractivity contribution is -0.153. The minimum absolute atomic E-state index is 0.0339. The number of carbonyl (C=O) groups is 1. The highest BCUT2D eigenvalue weighted by Gasteiger charge is 2.40. The molecule has 0 radical (unpaired) electrons. The third-order valence-electron chi connectivity index (χ3n) is 7.45. The smallest absolute Gasteiger partial charge is 0.423 e. The number of ether oxygens (including phenoxy) is 3. The first-order chi connectivity index (χ1) is 19.6. The molecular formula is C28H41F3N4O6. The summed E-state index contributed by atoms with van der Waals surface area (Å²) in [4.78, 5) is 42.6. The van der Waals surface area contributed by atoms with Crippen molar-refractivity contribution in [1.82, 2.24) is 19.4 Å². The van der Waals surface area contributed by atoms with E-state index in [0.717, 1.165) is 32.7 Å². The maximum atomic E-state index is 13.2. The number of alkyl halides is 3. The number of nitrogens with one attached hydrogen (secondary N) is 1. The van der Waals surface area contributed by atoms with Crippen molar-refractivity contribution < 1.29 is 32.2 Å². The van der Waals surface area contributed by atoms with Crippen molar-refractivity contribution in [3.8, 4) is 12.3 Å². The van der Waals surface area contributed by atoms with Crippen molar-refractivity contribution in [1.29, 1.82) is 0 Å². The SMILES string of the molecule is C#CCO[C@H]1C[C@H](n2cc(C(F)(F)F)c(=O)[nH]c2=O)O[C@@H]1COC(=O)CN1CCN(CCCCCCCCC)CC1. The van der Waals surface area contributed by atoms with E-state index in [4.69, 9.17) is 20.6 Å². The number of rotatable bonds is 15. The minimum Gasteiger partial charge on any atom is -0.462 e. The normalized spacial score (nSPS) is 22.1. The Labute approximate surface area is 238 Å². The predicted molar refractivity (Wildman–Crippen MR) is 145 cm³/mol. The molecule has 0 bridgehead atoms. The molecule has 2 saturated heterocycles. The van der Waals surface area contributed by atoms with Crippen LogP contribution in [0.3, 0.4) is 0 Å². The molecule has 3 rings (SSSR count). The van der Waals surface area contributed by atoms with Gasteiger partial charge in [0, 0.05) is 38.8 Å². The van der Waals surface area contributed by atoms with E-state index in [1.54, 1.807) is 4.98 Å². The van der Waals surface area contributed by atoms with Gasteiger partial charge in [0.2, 0.25) is 0 Å². The van der Waals surface area contributed by atoms with E-state index >= 15 is 0 Å². The van der Waals surface area contributed by atoms with E-state index in [-0.39, 0.29) is 26.2 Å². The van der Waals surface area contributed by atoms with Gasteiger partial charge in [0.15, 0.2) is 0 Å². The highest BCUT2D eigenvalue weighted by atomic mass is 19.4. The summed E-state index contributed by atoms with van der Waals surface area (Å²) < 4.78 is 57.1. The van der Waals surface area contributed by atoms with E-state index < -0.39 is 47.4 Å². The van der Waals surface area contributed by atoms with Gasteiger partial charge in [-0.05, 0) is 13.0 Å². The number of unbranched alkanes of at least 4 members (excludes halogenated alkanes) is 6. The number of hydrogen-bond donors (Lipinski definition) is 1. The molecule has 10 nitrogen and oxygen atoms in total. The van der Waals surface area contributed by atoms with E-state index in [1.807, 2.05) is 4.90 Å². The molecule has 1 N–H and O–H groups in total. The summed E-state index contributed by atoms with van der Waals surface area (Å²) in [6, 6.07) is 0. The van der Waals surface area contributed by atoms with Crippen molar-refractivity contribution in [2.75, 3.05) is 52.5 Å². The van der Waals surface area contributed by atoms with Crippen LogP contribution in [0.15, 0.2) is 15.8 Å². The molecule has 2 fully saturated rings. The summed E-state index contributed by atoms with van der Waals surface area (Å²) >= 11 is 0. The molecule has 3 atom stereocenters. The Morgan fingerprint density at radius 1 is 1.10 bits per heavy atom. The van der Waals surface area contributed by atoms with Gasteiger partial charge >= 0.3 is 17.8 Å². The van der Waals surface area contributed by atoms with E-state index in [2.05, 4.69) is 17.7 Å². The van der Waals surface area contributed by atoms with Crippen molar-refractivity contribution in [2.45, 2.75) is 82.9 Å². The molecule has 0 spiro atoms. The monoisotopic (exact) mass is 586 g/mol. The van der Waals surface area contributed by atoms with Gasteiger partial charge in [-0.15, -0.1) is 6.42 Å². The number of piperazine rings is 1.